The molecule has 2 heterocycles. The van der Waals surface area contributed by atoms with Gasteiger partial charge in [0.15, 0.2) is 0 Å². The lowest BCUT2D eigenvalue weighted by Crippen LogP contribution is -2.46. The van der Waals surface area contributed by atoms with E-state index < -0.39 is 12.0 Å². The minimum atomic E-state index is -0.898. The van der Waals surface area contributed by atoms with Gasteiger partial charge in [0, 0.05) is 12.1 Å². The smallest absolute Gasteiger partial charge is 0.326 e. The molecule has 1 aliphatic heterocycles. The summed E-state index contributed by atoms with van der Waals surface area (Å²) in [5.74, 6) is -0.148. The van der Waals surface area contributed by atoms with Crippen molar-refractivity contribution in [3.05, 3.63) is 14.7 Å². The fourth-order valence-corrected chi connectivity index (χ4v) is 5.29. The Hall–Kier alpha value is -1.08. The number of hydrogen-bond acceptors (Lipinski definition) is 4. The summed E-state index contributed by atoms with van der Waals surface area (Å²) in [5.41, 5.74) is 0. The van der Waals surface area contributed by atoms with E-state index in [9.17, 15) is 14.7 Å². The summed E-state index contributed by atoms with van der Waals surface area (Å²) in [6.45, 7) is 0. The van der Waals surface area contributed by atoms with Crippen molar-refractivity contribution in [2.24, 2.45) is 5.92 Å². The Balaban J connectivity index is 1.91. The average molecular weight is 388 g/mol. The van der Waals surface area contributed by atoms with Crippen molar-refractivity contribution in [1.82, 2.24) is 4.90 Å². The Morgan fingerprint density at radius 2 is 2.14 bits per heavy atom. The van der Waals surface area contributed by atoms with E-state index in [4.69, 9.17) is 4.74 Å². The highest BCUT2D eigenvalue weighted by atomic mass is 79.9. The standard InChI is InChI=1S/C15H18BrNO4S/c1-21-11-7-12(22-13(11)16)14(18)17-9-5-3-2-4-8(9)6-10(17)15(19)20/h7-10H,2-6H2,1H3,(H,19,20). The highest BCUT2D eigenvalue weighted by Crippen LogP contribution is 2.42. The number of carbonyl (C=O) groups is 2. The second kappa shape index (κ2) is 6.20. The SMILES string of the molecule is COc1cc(C(=O)N2C(C(=O)O)CC3CCCCC32)sc1Br. The van der Waals surface area contributed by atoms with Crippen molar-refractivity contribution >= 4 is 39.1 Å². The zero-order chi connectivity index (χ0) is 15.9. The van der Waals surface area contributed by atoms with E-state index in [1.807, 2.05) is 0 Å². The second-order valence-electron chi connectivity index (χ2n) is 5.87. The number of carboxylic acids is 1. The Labute approximate surface area is 141 Å². The lowest BCUT2D eigenvalue weighted by molar-refractivity contribution is -0.141. The maximum Gasteiger partial charge on any atom is 0.326 e. The molecule has 3 unspecified atom stereocenters. The Morgan fingerprint density at radius 3 is 2.77 bits per heavy atom. The van der Waals surface area contributed by atoms with Crippen molar-refractivity contribution < 1.29 is 19.4 Å². The number of nitrogens with zero attached hydrogens (tertiary/aromatic N) is 1. The van der Waals surface area contributed by atoms with Crippen LogP contribution in [0.5, 0.6) is 5.75 Å². The van der Waals surface area contributed by atoms with Gasteiger partial charge in [0.2, 0.25) is 0 Å². The fraction of sp³-hybridized carbons (Fsp3) is 0.600. The average Bonchev–Trinajstić information content (AvgIpc) is 3.07. The maximum atomic E-state index is 12.9. The van der Waals surface area contributed by atoms with E-state index in [-0.39, 0.29) is 11.9 Å². The van der Waals surface area contributed by atoms with Gasteiger partial charge in [0.1, 0.15) is 15.6 Å². The third-order valence-electron chi connectivity index (χ3n) is 4.69. The van der Waals surface area contributed by atoms with Gasteiger partial charge in [-0.15, -0.1) is 11.3 Å². The number of amides is 1. The molecular formula is C15H18BrNO4S. The van der Waals surface area contributed by atoms with E-state index in [1.54, 1.807) is 18.1 Å². The highest BCUT2D eigenvalue weighted by molar-refractivity contribution is 9.11. The lowest BCUT2D eigenvalue weighted by Gasteiger charge is -2.32. The third kappa shape index (κ3) is 2.65. The van der Waals surface area contributed by atoms with E-state index in [1.165, 1.54) is 11.3 Å². The fourth-order valence-electron chi connectivity index (χ4n) is 3.70. The largest absolute Gasteiger partial charge is 0.495 e. The molecule has 1 aromatic heterocycles. The van der Waals surface area contributed by atoms with Crippen LogP contribution in [0.3, 0.4) is 0 Å². The molecule has 0 radical (unpaired) electrons. The zero-order valence-electron chi connectivity index (χ0n) is 12.3. The number of aliphatic carboxylic acids is 1. The van der Waals surface area contributed by atoms with Gasteiger partial charge in [-0.25, -0.2) is 4.79 Å². The summed E-state index contributed by atoms with van der Waals surface area (Å²) < 4.78 is 5.95. The summed E-state index contributed by atoms with van der Waals surface area (Å²) in [7, 11) is 1.55. The van der Waals surface area contributed by atoms with Crippen LogP contribution in [-0.2, 0) is 4.79 Å². The Morgan fingerprint density at radius 1 is 1.41 bits per heavy atom. The number of carbonyl (C=O) groups excluding carboxylic acids is 1. The molecule has 0 spiro atoms. The van der Waals surface area contributed by atoms with Gasteiger partial charge in [-0.05, 0) is 41.1 Å². The molecule has 22 heavy (non-hydrogen) atoms. The van der Waals surface area contributed by atoms with Crippen LogP contribution in [0.25, 0.3) is 0 Å². The van der Waals surface area contributed by atoms with Crippen molar-refractivity contribution in [3.8, 4) is 5.75 Å². The highest BCUT2D eigenvalue weighted by Gasteiger charge is 2.48. The van der Waals surface area contributed by atoms with E-state index in [2.05, 4.69) is 15.9 Å². The Kier molecular flexibility index (Phi) is 4.45. The number of ether oxygens (including phenoxy) is 1. The molecular weight excluding hydrogens is 370 g/mol. The molecule has 1 amide bonds. The van der Waals surface area contributed by atoms with E-state index in [0.717, 1.165) is 29.5 Å². The van der Waals surface area contributed by atoms with E-state index in [0.29, 0.717) is 23.0 Å². The van der Waals surface area contributed by atoms with Gasteiger partial charge in [-0.1, -0.05) is 12.8 Å². The monoisotopic (exact) mass is 387 g/mol. The van der Waals surface area contributed by atoms with Crippen molar-refractivity contribution in [3.63, 3.8) is 0 Å². The quantitative estimate of drug-likeness (QED) is 0.862. The first kappa shape index (κ1) is 15.8. The van der Waals surface area contributed by atoms with Gasteiger partial charge in [0.05, 0.1) is 12.0 Å². The van der Waals surface area contributed by atoms with Crippen LogP contribution in [0.2, 0.25) is 0 Å². The third-order valence-corrected chi connectivity index (χ3v) is 6.46. The zero-order valence-corrected chi connectivity index (χ0v) is 14.7. The van der Waals surface area contributed by atoms with E-state index >= 15 is 0 Å². The number of fused-ring (bicyclic) bond motifs is 1. The van der Waals surface area contributed by atoms with Crippen molar-refractivity contribution in [1.29, 1.82) is 0 Å². The molecule has 2 aliphatic rings. The molecule has 1 saturated heterocycles. The molecule has 120 valence electrons. The molecule has 3 rings (SSSR count). The molecule has 0 bridgehead atoms. The number of methoxy groups -OCH3 is 1. The molecule has 0 aromatic carbocycles. The van der Waals surface area contributed by atoms with Crippen LogP contribution >= 0.6 is 27.3 Å². The molecule has 5 nitrogen and oxygen atoms in total. The topological polar surface area (TPSA) is 66.8 Å². The lowest BCUT2D eigenvalue weighted by atomic mass is 9.85. The molecule has 7 heteroatoms. The molecule has 1 N–H and O–H groups in total. The predicted octanol–water partition coefficient (Wildman–Crippen LogP) is 3.38. The molecule has 1 aromatic rings. The second-order valence-corrected chi connectivity index (χ2v) is 8.24. The molecule has 3 atom stereocenters. The number of thiophene rings is 1. The van der Waals surface area contributed by atoms with Crippen molar-refractivity contribution in [2.75, 3.05) is 7.11 Å². The minimum Gasteiger partial charge on any atom is -0.495 e. The minimum absolute atomic E-state index is 0.0641. The van der Waals surface area contributed by atoms with Gasteiger partial charge in [-0.2, -0.15) is 0 Å². The van der Waals surface area contributed by atoms with Crippen LogP contribution in [0.4, 0.5) is 0 Å². The summed E-state index contributed by atoms with van der Waals surface area (Å²) >= 11 is 4.67. The summed E-state index contributed by atoms with van der Waals surface area (Å²) in [6.07, 6.45) is 4.71. The maximum absolute atomic E-state index is 12.9. The summed E-state index contributed by atoms with van der Waals surface area (Å²) in [4.78, 5) is 26.6. The number of rotatable bonds is 3. The van der Waals surface area contributed by atoms with Gasteiger partial charge < -0.3 is 14.7 Å². The van der Waals surface area contributed by atoms with Crippen molar-refractivity contribution in [2.45, 2.75) is 44.2 Å². The van der Waals surface area contributed by atoms with Gasteiger partial charge in [0.25, 0.3) is 5.91 Å². The first-order valence-corrected chi connectivity index (χ1v) is 9.02. The van der Waals surface area contributed by atoms with Gasteiger partial charge >= 0.3 is 5.97 Å². The van der Waals surface area contributed by atoms with Crippen LogP contribution in [-0.4, -0.2) is 41.1 Å². The van der Waals surface area contributed by atoms with Crippen LogP contribution in [0, 0.1) is 5.92 Å². The van der Waals surface area contributed by atoms with Crippen LogP contribution in [0.1, 0.15) is 41.8 Å². The molecule has 2 fully saturated rings. The molecule has 1 saturated carbocycles. The number of halogens is 1. The first-order valence-electron chi connectivity index (χ1n) is 7.41. The number of carboxylic acid groups (broad SMARTS) is 1. The summed E-state index contributed by atoms with van der Waals surface area (Å²) in [5, 5.41) is 9.51. The normalized spacial score (nSPS) is 27.5. The first-order chi connectivity index (χ1) is 10.5. The van der Waals surface area contributed by atoms with Crippen LogP contribution < -0.4 is 4.74 Å². The van der Waals surface area contributed by atoms with Crippen LogP contribution in [0.15, 0.2) is 9.85 Å². The van der Waals surface area contributed by atoms with Gasteiger partial charge in [-0.3, -0.25) is 4.79 Å². The Bertz CT molecular complexity index is 602. The molecule has 1 aliphatic carbocycles. The predicted molar refractivity (Wildman–Crippen MR) is 86.5 cm³/mol. The summed E-state index contributed by atoms with van der Waals surface area (Å²) in [6, 6.07) is 1.05. The number of hydrogen-bond donors (Lipinski definition) is 1. The number of likely N-dealkylation sites (tertiary alicyclic amines) is 1.